The summed E-state index contributed by atoms with van der Waals surface area (Å²) in [5.74, 6) is -0.537. The molecule has 0 aliphatic heterocycles. The molecule has 0 heterocycles. The first kappa shape index (κ1) is 12.4. The van der Waals surface area contributed by atoms with Crippen molar-refractivity contribution in [3.05, 3.63) is 0 Å². The molecule has 0 saturated heterocycles. The monoisotopic (exact) mass is 209 g/mol. The van der Waals surface area contributed by atoms with Gasteiger partial charge in [-0.3, -0.25) is 4.79 Å². The van der Waals surface area contributed by atoms with Gasteiger partial charge in [-0.15, -0.1) is 0 Å². The molecular formula is C7H15NO4S. The number of carbonyl (C=O) groups is 1. The molecule has 0 fully saturated rings. The van der Waals surface area contributed by atoms with E-state index in [9.17, 15) is 13.2 Å². The van der Waals surface area contributed by atoms with Crippen LogP contribution in [0.5, 0.6) is 0 Å². The van der Waals surface area contributed by atoms with Gasteiger partial charge in [-0.25, -0.2) is 8.42 Å². The van der Waals surface area contributed by atoms with Crippen molar-refractivity contribution in [2.45, 2.75) is 13.8 Å². The van der Waals surface area contributed by atoms with E-state index >= 15 is 0 Å². The third-order valence-corrected chi connectivity index (χ3v) is 3.31. The van der Waals surface area contributed by atoms with Crippen molar-refractivity contribution in [1.29, 1.82) is 0 Å². The molecule has 0 bridgehead atoms. The van der Waals surface area contributed by atoms with Gasteiger partial charge in [0.05, 0.1) is 12.4 Å². The van der Waals surface area contributed by atoms with Crippen LogP contribution in [0.25, 0.3) is 0 Å². The number of likely N-dealkylation sites (N-methyl/N-ethyl adjacent to an activating group) is 1. The lowest BCUT2D eigenvalue weighted by molar-refractivity contribution is -0.143. The molecule has 0 aliphatic carbocycles. The summed E-state index contributed by atoms with van der Waals surface area (Å²) in [5, 5.41) is 0. The first-order valence-corrected chi connectivity index (χ1v) is 5.64. The summed E-state index contributed by atoms with van der Waals surface area (Å²) in [4.78, 5) is 10.9. The highest BCUT2D eigenvalue weighted by molar-refractivity contribution is 7.89. The van der Waals surface area contributed by atoms with Crippen LogP contribution in [-0.4, -0.2) is 44.6 Å². The number of hydrogen-bond acceptors (Lipinski definition) is 4. The van der Waals surface area contributed by atoms with E-state index < -0.39 is 16.0 Å². The zero-order valence-electron chi connectivity index (χ0n) is 8.11. The summed E-state index contributed by atoms with van der Waals surface area (Å²) in [6.07, 6.45) is 0. The Morgan fingerprint density at radius 2 is 1.92 bits per heavy atom. The van der Waals surface area contributed by atoms with Crippen LogP contribution in [0.1, 0.15) is 13.8 Å². The maximum Gasteiger partial charge on any atom is 0.321 e. The summed E-state index contributed by atoms with van der Waals surface area (Å²) in [6, 6.07) is 0. The molecule has 0 aromatic carbocycles. The Bertz CT molecular complexity index is 260. The van der Waals surface area contributed by atoms with E-state index in [0.717, 1.165) is 4.31 Å². The Morgan fingerprint density at radius 3 is 2.31 bits per heavy atom. The minimum absolute atomic E-state index is 0.0110. The Morgan fingerprint density at radius 1 is 1.38 bits per heavy atom. The lowest BCUT2D eigenvalue weighted by atomic mass is 10.6. The molecular weight excluding hydrogens is 194 g/mol. The van der Waals surface area contributed by atoms with Gasteiger partial charge < -0.3 is 4.74 Å². The molecule has 0 unspecified atom stereocenters. The fourth-order valence-corrected chi connectivity index (χ4v) is 1.45. The standard InChI is InChI=1S/C7H15NO4S/c1-4-12-7(9)6-8(3)13(10,11)5-2/h4-6H2,1-3H3. The Hall–Kier alpha value is -0.620. The molecule has 0 N–H and O–H groups in total. The van der Waals surface area contributed by atoms with Crippen LogP contribution < -0.4 is 0 Å². The van der Waals surface area contributed by atoms with Crippen LogP contribution >= 0.6 is 0 Å². The molecule has 0 amide bonds. The molecule has 5 nitrogen and oxygen atoms in total. The van der Waals surface area contributed by atoms with E-state index in [1.807, 2.05) is 0 Å². The van der Waals surface area contributed by atoms with Gasteiger partial charge in [-0.2, -0.15) is 4.31 Å². The summed E-state index contributed by atoms with van der Waals surface area (Å²) in [7, 11) is -1.92. The Labute approximate surface area is 78.7 Å². The first-order valence-electron chi connectivity index (χ1n) is 4.03. The third-order valence-electron chi connectivity index (χ3n) is 1.50. The number of hydrogen-bond donors (Lipinski definition) is 0. The normalized spacial score (nSPS) is 11.7. The van der Waals surface area contributed by atoms with Gasteiger partial charge in [-0.1, -0.05) is 0 Å². The average molecular weight is 209 g/mol. The van der Waals surface area contributed by atoms with Crippen molar-refractivity contribution in [3.8, 4) is 0 Å². The molecule has 0 aromatic heterocycles. The third kappa shape index (κ3) is 4.23. The fraction of sp³-hybridized carbons (Fsp3) is 0.857. The maximum absolute atomic E-state index is 11.2. The van der Waals surface area contributed by atoms with Crippen molar-refractivity contribution in [1.82, 2.24) is 4.31 Å². The molecule has 0 aromatic rings. The minimum atomic E-state index is -3.28. The molecule has 0 saturated carbocycles. The van der Waals surface area contributed by atoms with E-state index in [0.29, 0.717) is 0 Å². The van der Waals surface area contributed by atoms with Gasteiger partial charge in [-0.05, 0) is 13.8 Å². The van der Waals surface area contributed by atoms with E-state index in [1.165, 1.54) is 14.0 Å². The number of esters is 1. The maximum atomic E-state index is 11.2. The number of ether oxygens (including phenoxy) is 1. The summed E-state index contributed by atoms with van der Waals surface area (Å²) in [5.41, 5.74) is 0. The molecule has 13 heavy (non-hydrogen) atoms. The topological polar surface area (TPSA) is 63.7 Å². The zero-order chi connectivity index (χ0) is 10.5. The summed E-state index contributed by atoms with van der Waals surface area (Å²) >= 11 is 0. The second-order valence-corrected chi connectivity index (χ2v) is 4.83. The Balaban J connectivity index is 4.16. The highest BCUT2D eigenvalue weighted by atomic mass is 32.2. The van der Waals surface area contributed by atoms with Gasteiger partial charge in [0.15, 0.2) is 0 Å². The fourth-order valence-electron chi connectivity index (χ4n) is 0.707. The van der Waals surface area contributed by atoms with Crippen LogP contribution in [-0.2, 0) is 19.6 Å². The predicted molar refractivity (Wildman–Crippen MR) is 48.7 cm³/mol. The molecule has 0 aliphatic rings. The number of rotatable bonds is 5. The summed E-state index contributed by atoms with van der Waals surface area (Å²) in [6.45, 7) is 3.24. The van der Waals surface area contributed by atoms with E-state index in [1.54, 1.807) is 6.92 Å². The highest BCUT2D eigenvalue weighted by Gasteiger charge is 2.18. The van der Waals surface area contributed by atoms with Crippen molar-refractivity contribution in [2.75, 3.05) is 26.0 Å². The first-order chi connectivity index (χ1) is 5.94. The second kappa shape index (κ2) is 5.18. The highest BCUT2D eigenvalue weighted by Crippen LogP contribution is 1.97. The SMILES string of the molecule is CCOC(=O)CN(C)S(=O)(=O)CC. The van der Waals surface area contributed by atoms with Gasteiger partial charge in [0, 0.05) is 7.05 Å². The van der Waals surface area contributed by atoms with Crippen LogP contribution in [0.15, 0.2) is 0 Å². The molecule has 6 heteroatoms. The molecule has 0 atom stereocenters. The second-order valence-electron chi connectivity index (χ2n) is 2.46. The molecule has 0 spiro atoms. The lowest BCUT2D eigenvalue weighted by Gasteiger charge is -2.14. The van der Waals surface area contributed by atoms with E-state index in [2.05, 4.69) is 4.74 Å². The van der Waals surface area contributed by atoms with Crippen molar-refractivity contribution in [3.63, 3.8) is 0 Å². The van der Waals surface area contributed by atoms with Crippen LogP contribution in [0.4, 0.5) is 0 Å². The molecule has 0 rings (SSSR count). The van der Waals surface area contributed by atoms with Crippen LogP contribution in [0.2, 0.25) is 0 Å². The summed E-state index contributed by atoms with van der Waals surface area (Å²) < 4.78 is 27.9. The predicted octanol–water partition coefficient (Wildman–Crippen LogP) is -0.169. The van der Waals surface area contributed by atoms with Crippen molar-refractivity contribution in [2.24, 2.45) is 0 Å². The largest absolute Gasteiger partial charge is 0.465 e. The smallest absolute Gasteiger partial charge is 0.321 e. The van der Waals surface area contributed by atoms with E-state index in [-0.39, 0.29) is 18.9 Å². The van der Waals surface area contributed by atoms with Gasteiger partial charge in [0.25, 0.3) is 0 Å². The number of carbonyl (C=O) groups excluding carboxylic acids is 1. The number of sulfonamides is 1. The molecule has 0 radical (unpaired) electrons. The van der Waals surface area contributed by atoms with Gasteiger partial charge in [0.2, 0.25) is 10.0 Å². The Kier molecular flexibility index (Phi) is 4.94. The van der Waals surface area contributed by atoms with E-state index in [4.69, 9.17) is 0 Å². The van der Waals surface area contributed by atoms with Gasteiger partial charge >= 0.3 is 5.97 Å². The lowest BCUT2D eigenvalue weighted by Crippen LogP contribution is -2.34. The molecule has 78 valence electrons. The van der Waals surface area contributed by atoms with Crippen molar-refractivity contribution >= 4 is 16.0 Å². The van der Waals surface area contributed by atoms with Crippen molar-refractivity contribution < 1.29 is 17.9 Å². The minimum Gasteiger partial charge on any atom is -0.465 e. The van der Waals surface area contributed by atoms with Gasteiger partial charge in [0.1, 0.15) is 6.54 Å². The average Bonchev–Trinajstić information content (AvgIpc) is 2.04. The zero-order valence-corrected chi connectivity index (χ0v) is 8.93. The van der Waals surface area contributed by atoms with Crippen LogP contribution in [0.3, 0.4) is 0 Å². The quantitative estimate of drug-likeness (QED) is 0.590. The number of nitrogens with zero attached hydrogens (tertiary/aromatic N) is 1. The van der Waals surface area contributed by atoms with Crippen LogP contribution in [0, 0.1) is 0 Å².